The lowest BCUT2D eigenvalue weighted by molar-refractivity contribution is -0.221. The first-order valence-corrected chi connectivity index (χ1v) is 9.58. The van der Waals surface area contributed by atoms with E-state index < -0.39 is 48.9 Å². The smallest absolute Gasteiger partial charge is 0.338 e. The zero-order valence-corrected chi connectivity index (χ0v) is 17.7. The molecule has 0 unspecified atom stereocenters. The highest BCUT2D eigenvalue weighted by Crippen LogP contribution is 2.31. The summed E-state index contributed by atoms with van der Waals surface area (Å²) in [6.07, 6.45) is -1.70. The number of carbonyl (C=O) groups excluding carboxylic acids is 2. The Hall–Kier alpha value is -1.78. The number of carbonyl (C=O) groups is 2. The first-order valence-electron chi connectivity index (χ1n) is 9.58. The molecule has 0 aromatic carbocycles. The largest absolute Gasteiger partial charge is 0.464 e. The SMILES string of the molecule is CCOC(=O)[C@H]1O[C@@H](OC)C=C(C)[C@@H]1O[C@H]1C(C)=C[C@H](OC)O[C@@H]1C(=O)OCC. The molecule has 0 radical (unpaired) electrons. The van der Waals surface area contributed by atoms with Gasteiger partial charge < -0.3 is 33.2 Å². The molecule has 0 aromatic rings. The Morgan fingerprint density at radius 1 is 0.828 bits per heavy atom. The molecule has 2 heterocycles. The van der Waals surface area contributed by atoms with Crippen molar-refractivity contribution in [2.24, 2.45) is 0 Å². The first-order chi connectivity index (χ1) is 13.9. The predicted octanol–water partition coefficient (Wildman–Crippen LogP) is 1.50. The Bertz CT molecular complexity index is 588. The molecule has 9 nitrogen and oxygen atoms in total. The number of rotatable bonds is 8. The lowest BCUT2D eigenvalue weighted by Gasteiger charge is -2.39. The summed E-state index contributed by atoms with van der Waals surface area (Å²) >= 11 is 0. The van der Waals surface area contributed by atoms with Crippen LogP contribution in [0.1, 0.15) is 27.7 Å². The van der Waals surface area contributed by atoms with Crippen LogP contribution < -0.4 is 0 Å². The Kier molecular flexibility index (Phi) is 8.79. The third-order valence-electron chi connectivity index (χ3n) is 4.60. The standard InChI is InChI=1S/C20H30O9/c1-7-25-19(21)17-15(11(3)9-13(23-5)27-17)29-16-12(4)10-14(24-6)28-18(16)20(22)26-8-2/h9-10,13-18H,7-8H2,1-6H3/t13-,14-,15+,16+,17+,18+/m1/s1. The molecule has 0 saturated carbocycles. The lowest BCUT2D eigenvalue weighted by atomic mass is 9.98. The maximum atomic E-state index is 12.5. The molecule has 0 bridgehead atoms. The van der Waals surface area contributed by atoms with Gasteiger partial charge in [-0.15, -0.1) is 0 Å². The van der Waals surface area contributed by atoms with Gasteiger partial charge in [0.05, 0.1) is 13.2 Å². The van der Waals surface area contributed by atoms with Crippen molar-refractivity contribution < 1.29 is 42.7 Å². The predicted molar refractivity (Wildman–Crippen MR) is 101 cm³/mol. The van der Waals surface area contributed by atoms with E-state index in [1.54, 1.807) is 39.8 Å². The van der Waals surface area contributed by atoms with Gasteiger partial charge in [0.2, 0.25) is 0 Å². The van der Waals surface area contributed by atoms with Gasteiger partial charge in [0.1, 0.15) is 12.2 Å². The molecule has 164 valence electrons. The van der Waals surface area contributed by atoms with Crippen LogP contribution >= 0.6 is 0 Å². The zero-order valence-electron chi connectivity index (χ0n) is 17.7. The summed E-state index contributed by atoms with van der Waals surface area (Å²) < 4.78 is 38.3. The molecule has 29 heavy (non-hydrogen) atoms. The molecule has 6 atom stereocenters. The van der Waals surface area contributed by atoms with Gasteiger partial charge in [-0.1, -0.05) is 0 Å². The topological polar surface area (TPSA) is 98.8 Å². The molecule has 2 rings (SSSR count). The Morgan fingerprint density at radius 2 is 1.21 bits per heavy atom. The highest BCUT2D eigenvalue weighted by Gasteiger charge is 2.45. The molecular weight excluding hydrogens is 384 g/mol. The van der Waals surface area contributed by atoms with Crippen LogP contribution in [0.2, 0.25) is 0 Å². The van der Waals surface area contributed by atoms with Crippen LogP contribution in [0, 0.1) is 0 Å². The molecule has 0 aromatic heterocycles. The molecule has 0 N–H and O–H groups in total. The van der Waals surface area contributed by atoms with Gasteiger partial charge in [-0.2, -0.15) is 0 Å². The van der Waals surface area contributed by atoms with Gasteiger partial charge in [-0.25, -0.2) is 9.59 Å². The van der Waals surface area contributed by atoms with Crippen molar-refractivity contribution in [1.82, 2.24) is 0 Å². The molecule has 2 aliphatic rings. The van der Waals surface area contributed by atoms with Crippen LogP contribution in [0.25, 0.3) is 0 Å². The van der Waals surface area contributed by atoms with Gasteiger partial charge in [0.15, 0.2) is 24.8 Å². The summed E-state index contributed by atoms with van der Waals surface area (Å²) in [5, 5.41) is 0. The normalized spacial score (nSPS) is 32.2. The van der Waals surface area contributed by atoms with E-state index in [1.807, 2.05) is 0 Å². The van der Waals surface area contributed by atoms with E-state index in [4.69, 9.17) is 33.2 Å². The summed E-state index contributed by atoms with van der Waals surface area (Å²) in [5.74, 6) is -1.15. The second-order valence-corrected chi connectivity index (χ2v) is 6.62. The summed E-state index contributed by atoms with van der Waals surface area (Å²) in [4.78, 5) is 25.0. The number of hydrogen-bond donors (Lipinski definition) is 0. The number of methoxy groups -OCH3 is 2. The van der Waals surface area contributed by atoms with Crippen LogP contribution in [0.15, 0.2) is 23.3 Å². The van der Waals surface area contributed by atoms with Crippen molar-refractivity contribution in [2.75, 3.05) is 27.4 Å². The molecule has 2 aliphatic heterocycles. The Morgan fingerprint density at radius 3 is 1.52 bits per heavy atom. The van der Waals surface area contributed by atoms with E-state index in [0.717, 1.165) is 0 Å². The van der Waals surface area contributed by atoms with Crippen LogP contribution in [0.3, 0.4) is 0 Å². The second kappa shape index (κ2) is 10.8. The molecule has 9 heteroatoms. The summed E-state index contributed by atoms with van der Waals surface area (Å²) in [7, 11) is 2.95. The van der Waals surface area contributed by atoms with Crippen molar-refractivity contribution >= 4 is 11.9 Å². The highest BCUT2D eigenvalue weighted by atomic mass is 16.7. The van der Waals surface area contributed by atoms with Gasteiger partial charge >= 0.3 is 11.9 Å². The van der Waals surface area contributed by atoms with E-state index in [-0.39, 0.29) is 13.2 Å². The minimum Gasteiger partial charge on any atom is -0.464 e. The van der Waals surface area contributed by atoms with Crippen molar-refractivity contribution in [3.8, 4) is 0 Å². The molecule has 0 amide bonds. The van der Waals surface area contributed by atoms with Crippen LogP contribution in [-0.2, 0) is 42.7 Å². The van der Waals surface area contributed by atoms with Crippen LogP contribution in [0.5, 0.6) is 0 Å². The Balaban J connectivity index is 2.33. The van der Waals surface area contributed by atoms with E-state index in [1.165, 1.54) is 14.2 Å². The first kappa shape index (κ1) is 23.5. The molecular formula is C20H30O9. The average Bonchev–Trinajstić information content (AvgIpc) is 2.70. The van der Waals surface area contributed by atoms with Crippen molar-refractivity contribution in [1.29, 1.82) is 0 Å². The summed E-state index contributed by atoms with van der Waals surface area (Å²) in [6.45, 7) is 7.39. The zero-order chi connectivity index (χ0) is 21.6. The van der Waals surface area contributed by atoms with Crippen LogP contribution in [0.4, 0.5) is 0 Å². The summed E-state index contributed by atoms with van der Waals surface area (Å²) in [6, 6.07) is 0. The van der Waals surface area contributed by atoms with E-state index in [0.29, 0.717) is 11.1 Å². The molecule has 0 aliphatic carbocycles. The highest BCUT2D eigenvalue weighted by molar-refractivity contribution is 5.77. The van der Waals surface area contributed by atoms with E-state index in [9.17, 15) is 9.59 Å². The fourth-order valence-corrected chi connectivity index (χ4v) is 3.18. The third kappa shape index (κ3) is 5.64. The minimum absolute atomic E-state index is 0.193. The number of hydrogen-bond acceptors (Lipinski definition) is 9. The fourth-order valence-electron chi connectivity index (χ4n) is 3.18. The quantitative estimate of drug-likeness (QED) is 0.432. The maximum Gasteiger partial charge on any atom is 0.338 e. The van der Waals surface area contributed by atoms with Gasteiger partial charge in [-0.3, -0.25) is 0 Å². The summed E-state index contributed by atoms with van der Waals surface area (Å²) in [5.41, 5.74) is 1.43. The van der Waals surface area contributed by atoms with E-state index in [2.05, 4.69) is 0 Å². The Labute approximate surface area is 170 Å². The molecule has 0 saturated heterocycles. The molecule has 0 fully saturated rings. The maximum absolute atomic E-state index is 12.5. The van der Waals surface area contributed by atoms with Crippen molar-refractivity contribution in [3.63, 3.8) is 0 Å². The van der Waals surface area contributed by atoms with E-state index >= 15 is 0 Å². The fraction of sp³-hybridized carbons (Fsp3) is 0.700. The number of esters is 2. The average molecular weight is 414 g/mol. The van der Waals surface area contributed by atoms with Crippen molar-refractivity contribution in [2.45, 2.75) is 64.7 Å². The minimum atomic E-state index is -1.05. The lowest BCUT2D eigenvalue weighted by Crippen LogP contribution is -2.52. The number of ether oxygens (including phenoxy) is 7. The van der Waals surface area contributed by atoms with Crippen LogP contribution in [-0.4, -0.2) is 76.4 Å². The third-order valence-corrected chi connectivity index (χ3v) is 4.60. The molecule has 0 spiro atoms. The monoisotopic (exact) mass is 414 g/mol. The van der Waals surface area contributed by atoms with Gasteiger partial charge in [0, 0.05) is 14.2 Å². The van der Waals surface area contributed by atoms with Gasteiger partial charge in [0.25, 0.3) is 0 Å². The van der Waals surface area contributed by atoms with Crippen molar-refractivity contribution in [3.05, 3.63) is 23.3 Å². The second-order valence-electron chi connectivity index (χ2n) is 6.62. The van der Waals surface area contributed by atoms with Gasteiger partial charge in [-0.05, 0) is 51.0 Å².